The van der Waals surface area contributed by atoms with Crippen LogP contribution in [0.5, 0.6) is 0 Å². The summed E-state index contributed by atoms with van der Waals surface area (Å²) in [5.41, 5.74) is 0. The molecule has 0 amide bonds. The number of ether oxygens (including phenoxy) is 4. The van der Waals surface area contributed by atoms with Crippen molar-refractivity contribution in [3.05, 3.63) is 36.5 Å². The Morgan fingerprint density at radius 3 is 1.65 bits per heavy atom. The maximum atomic E-state index is 12.8. The molecule has 13 heteroatoms. The average Bonchev–Trinajstić information content (AvgIpc) is 3.17. The first kappa shape index (κ1) is 52.9. The van der Waals surface area contributed by atoms with Crippen LogP contribution in [0.4, 0.5) is 0 Å². The monoisotopic (exact) mass is 831 g/mol. The van der Waals surface area contributed by atoms with E-state index in [2.05, 4.69) is 50.3 Å². The van der Waals surface area contributed by atoms with Gasteiger partial charge in [0.05, 0.1) is 6.61 Å². The molecule has 1 aliphatic heterocycles. The molecule has 0 bridgehead atoms. The number of hydrogen-bond donors (Lipinski definition) is 4. The van der Waals surface area contributed by atoms with Crippen molar-refractivity contribution in [3.8, 4) is 0 Å². The summed E-state index contributed by atoms with van der Waals surface area (Å²) in [5, 5.41) is 30.8. The minimum atomic E-state index is -4.60. The van der Waals surface area contributed by atoms with Gasteiger partial charge in [-0.1, -0.05) is 153 Å². The molecule has 0 aliphatic carbocycles. The first-order chi connectivity index (χ1) is 27.5. The highest BCUT2D eigenvalue weighted by Crippen LogP contribution is 2.24. The van der Waals surface area contributed by atoms with Crippen LogP contribution in [0.2, 0.25) is 0 Å². The van der Waals surface area contributed by atoms with Gasteiger partial charge in [0.25, 0.3) is 10.1 Å². The van der Waals surface area contributed by atoms with E-state index in [-0.39, 0.29) is 19.4 Å². The molecule has 0 aromatic carbocycles. The van der Waals surface area contributed by atoms with E-state index in [1.54, 1.807) is 0 Å². The van der Waals surface area contributed by atoms with Crippen LogP contribution in [-0.4, -0.2) is 96.0 Å². The second-order valence-corrected chi connectivity index (χ2v) is 16.8. The molecule has 0 saturated carbocycles. The van der Waals surface area contributed by atoms with Gasteiger partial charge in [0, 0.05) is 12.8 Å². The summed E-state index contributed by atoms with van der Waals surface area (Å²) in [6, 6.07) is 0. The number of esters is 2. The quantitative estimate of drug-likeness (QED) is 0.0204. The molecule has 1 fully saturated rings. The number of hydrogen-bond acceptors (Lipinski definition) is 11. The van der Waals surface area contributed by atoms with Crippen molar-refractivity contribution in [2.45, 2.75) is 211 Å². The minimum Gasteiger partial charge on any atom is -0.462 e. The van der Waals surface area contributed by atoms with E-state index >= 15 is 0 Å². The molecule has 0 aromatic rings. The zero-order valence-electron chi connectivity index (χ0n) is 35.2. The maximum Gasteiger partial charge on any atom is 0.306 e. The number of allylic oxidation sites excluding steroid dienone is 6. The summed E-state index contributed by atoms with van der Waals surface area (Å²) in [6.45, 7) is 3.63. The molecule has 332 valence electrons. The Balaban J connectivity index is 2.47. The predicted octanol–water partition coefficient (Wildman–Crippen LogP) is 8.61. The van der Waals surface area contributed by atoms with Gasteiger partial charge in [0.15, 0.2) is 12.4 Å². The zero-order chi connectivity index (χ0) is 42.0. The first-order valence-electron chi connectivity index (χ1n) is 22.0. The third-order valence-corrected chi connectivity index (χ3v) is 10.7. The molecule has 12 nitrogen and oxygen atoms in total. The number of carbonyl (C=O) groups excluding carboxylic acids is 2. The molecular weight excluding hydrogens is 753 g/mol. The Hall–Kier alpha value is -2.13. The van der Waals surface area contributed by atoms with E-state index in [1.165, 1.54) is 64.2 Å². The normalized spacial score (nSPS) is 20.8. The van der Waals surface area contributed by atoms with Crippen LogP contribution in [0.1, 0.15) is 174 Å². The molecule has 4 N–H and O–H groups in total. The van der Waals surface area contributed by atoms with E-state index in [4.69, 9.17) is 18.9 Å². The summed E-state index contributed by atoms with van der Waals surface area (Å²) < 4.78 is 54.0. The van der Waals surface area contributed by atoms with Crippen molar-refractivity contribution >= 4 is 22.1 Å². The molecule has 1 heterocycles. The fourth-order valence-electron chi connectivity index (χ4n) is 6.57. The van der Waals surface area contributed by atoms with E-state index in [1.807, 2.05) is 0 Å². The summed E-state index contributed by atoms with van der Waals surface area (Å²) in [4.78, 5) is 25.4. The van der Waals surface area contributed by atoms with Gasteiger partial charge in [0.2, 0.25) is 0 Å². The summed E-state index contributed by atoms with van der Waals surface area (Å²) >= 11 is 0. The van der Waals surface area contributed by atoms with Crippen LogP contribution in [0, 0.1) is 0 Å². The molecule has 1 rings (SSSR count). The lowest BCUT2D eigenvalue weighted by atomic mass is 10.00. The Morgan fingerprint density at radius 2 is 1.11 bits per heavy atom. The van der Waals surface area contributed by atoms with Crippen molar-refractivity contribution in [2.24, 2.45) is 0 Å². The molecule has 1 saturated heterocycles. The van der Waals surface area contributed by atoms with Crippen molar-refractivity contribution in [1.29, 1.82) is 0 Å². The van der Waals surface area contributed by atoms with Gasteiger partial charge < -0.3 is 34.3 Å². The van der Waals surface area contributed by atoms with E-state index in [0.29, 0.717) is 12.8 Å². The van der Waals surface area contributed by atoms with Crippen molar-refractivity contribution in [1.82, 2.24) is 0 Å². The van der Waals surface area contributed by atoms with Crippen molar-refractivity contribution in [3.63, 3.8) is 0 Å². The van der Waals surface area contributed by atoms with Crippen LogP contribution in [0.25, 0.3) is 0 Å². The van der Waals surface area contributed by atoms with Gasteiger partial charge in [0.1, 0.15) is 36.8 Å². The van der Waals surface area contributed by atoms with E-state index in [0.717, 1.165) is 70.6 Å². The highest BCUT2D eigenvalue weighted by atomic mass is 32.2. The number of rotatable bonds is 36. The number of carbonyl (C=O) groups is 2. The fourth-order valence-corrected chi connectivity index (χ4v) is 7.26. The first-order valence-corrected chi connectivity index (χ1v) is 23.7. The SMILES string of the molecule is CC/C=C/C/C=C/C/C=C/CCCCCCCC(=O)OC[C@H](CO[C@H]1O[C@H](CS(=O)(=O)O)[C@@H](O)C(O)C1O)OC(=O)CCCCCCCCCCCCCCCC. The molecule has 2 unspecified atom stereocenters. The van der Waals surface area contributed by atoms with Crippen LogP contribution in [0.15, 0.2) is 36.5 Å². The predicted molar refractivity (Wildman–Crippen MR) is 224 cm³/mol. The Kier molecular flexibility index (Phi) is 32.2. The Morgan fingerprint density at radius 1 is 0.614 bits per heavy atom. The summed E-state index contributed by atoms with van der Waals surface area (Å²) in [5.74, 6) is -2.00. The topological polar surface area (TPSA) is 186 Å². The van der Waals surface area contributed by atoms with Gasteiger partial charge >= 0.3 is 11.9 Å². The molecular formula is C44H78O12S. The second kappa shape index (κ2) is 34.7. The van der Waals surface area contributed by atoms with Gasteiger partial charge in [-0.15, -0.1) is 0 Å². The minimum absolute atomic E-state index is 0.163. The van der Waals surface area contributed by atoms with E-state index < -0.39 is 71.2 Å². The average molecular weight is 831 g/mol. The molecule has 6 atom stereocenters. The third kappa shape index (κ3) is 29.7. The number of aliphatic hydroxyl groups excluding tert-OH is 3. The molecule has 1 aliphatic rings. The molecule has 57 heavy (non-hydrogen) atoms. The standard InChI is InChI=1S/C44H78O12S/c1-3-5-7-9-11-13-15-17-19-21-22-24-26-28-30-32-39(45)53-34-37(35-54-44-43(49)42(48)41(47)38(56-44)36-57(50,51)52)55-40(46)33-31-29-27-25-23-20-18-16-14-12-10-8-6-4-2/h5,7,11,13,17,19,37-38,41-44,47-49H,3-4,6,8-10,12,14-16,18,20-36H2,1-2H3,(H,50,51,52)/b7-5+,13-11+,19-17+/t37-,38-,41-,42?,43?,44+/m1/s1. The maximum absolute atomic E-state index is 12.8. The van der Waals surface area contributed by atoms with Crippen LogP contribution < -0.4 is 0 Å². The summed E-state index contributed by atoms with van der Waals surface area (Å²) in [6.07, 6.45) is 29.0. The fraction of sp³-hybridized carbons (Fsp3) is 0.818. The third-order valence-electron chi connectivity index (χ3n) is 9.98. The van der Waals surface area contributed by atoms with Crippen LogP contribution in [-0.2, 0) is 38.7 Å². The van der Waals surface area contributed by atoms with Gasteiger partial charge in [-0.2, -0.15) is 8.42 Å². The Bertz CT molecular complexity index is 1200. The Labute approximate surface area is 344 Å². The lowest BCUT2D eigenvalue weighted by Crippen LogP contribution is -2.60. The molecule has 0 spiro atoms. The summed E-state index contributed by atoms with van der Waals surface area (Å²) in [7, 11) is -4.60. The van der Waals surface area contributed by atoms with E-state index in [9.17, 15) is 37.9 Å². The highest BCUT2D eigenvalue weighted by molar-refractivity contribution is 7.85. The smallest absolute Gasteiger partial charge is 0.306 e. The highest BCUT2D eigenvalue weighted by Gasteiger charge is 2.46. The lowest BCUT2D eigenvalue weighted by molar-refractivity contribution is -0.297. The van der Waals surface area contributed by atoms with Crippen LogP contribution in [0.3, 0.4) is 0 Å². The molecule has 0 aromatic heterocycles. The molecule has 0 radical (unpaired) electrons. The van der Waals surface area contributed by atoms with Crippen LogP contribution >= 0.6 is 0 Å². The lowest BCUT2D eigenvalue weighted by Gasteiger charge is -2.40. The second-order valence-electron chi connectivity index (χ2n) is 15.3. The van der Waals surface area contributed by atoms with Crippen molar-refractivity contribution in [2.75, 3.05) is 19.0 Å². The van der Waals surface area contributed by atoms with Gasteiger partial charge in [-0.3, -0.25) is 14.1 Å². The number of unbranched alkanes of at least 4 members (excludes halogenated alkanes) is 18. The van der Waals surface area contributed by atoms with Gasteiger partial charge in [-0.25, -0.2) is 0 Å². The largest absolute Gasteiger partial charge is 0.462 e. The van der Waals surface area contributed by atoms with Gasteiger partial charge in [-0.05, 0) is 44.9 Å². The zero-order valence-corrected chi connectivity index (χ0v) is 36.0. The van der Waals surface area contributed by atoms with Crippen molar-refractivity contribution < 1.29 is 56.8 Å². The number of aliphatic hydroxyl groups is 3.